The molecule has 0 bridgehead atoms. The molecule has 2 saturated heterocycles. The van der Waals surface area contributed by atoms with E-state index >= 15 is 0 Å². The molecular weight excluding hydrogens is 322 g/mol. The van der Waals surface area contributed by atoms with Crippen LogP contribution in [0.3, 0.4) is 0 Å². The van der Waals surface area contributed by atoms with Crippen LogP contribution >= 0.6 is 11.6 Å². The molecule has 2 aromatic rings. The first-order chi connectivity index (χ1) is 11.8. The largest absolute Gasteiger partial charge is 0.351 e. The van der Waals surface area contributed by atoms with Crippen LogP contribution in [0.15, 0.2) is 36.7 Å². The Hall–Kier alpha value is -2.16. The van der Waals surface area contributed by atoms with Crippen LogP contribution in [0.2, 0.25) is 5.02 Å². The van der Waals surface area contributed by atoms with E-state index in [4.69, 9.17) is 11.6 Å². The standard InChI is InChI=1S/C18H18ClN5/c19-14-3-1-2-13(10-14)17-5-4-15-12-23(8-9-24(15)17)18-16(11-20)21-6-7-22-18/h1-3,6-7,10,15,17H,4-5,8-9,12H2/t15-,17+/m0/s1. The summed E-state index contributed by atoms with van der Waals surface area (Å²) in [6.07, 6.45) is 5.52. The first-order valence-electron chi connectivity index (χ1n) is 8.23. The van der Waals surface area contributed by atoms with E-state index in [0.717, 1.165) is 37.5 Å². The second-order valence-corrected chi connectivity index (χ2v) is 6.76. The molecule has 0 aliphatic carbocycles. The molecule has 1 aromatic heterocycles. The van der Waals surface area contributed by atoms with Gasteiger partial charge in [-0.3, -0.25) is 4.90 Å². The maximum absolute atomic E-state index is 9.25. The number of hydrogen-bond acceptors (Lipinski definition) is 5. The zero-order valence-electron chi connectivity index (χ0n) is 13.3. The summed E-state index contributed by atoms with van der Waals surface area (Å²) in [5.74, 6) is 0.714. The van der Waals surface area contributed by atoms with Gasteiger partial charge in [-0.05, 0) is 30.5 Å². The number of nitrogens with zero attached hydrogens (tertiary/aromatic N) is 5. The van der Waals surface area contributed by atoms with E-state index in [1.54, 1.807) is 12.4 Å². The van der Waals surface area contributed by atoms with Crippen molar-refractivity contribution < 1.29 is 0 Å². The van der Waals surface area contributed by atoms with Crippen molar-refractivity contribution in [2.24, 2.45) is 0 Å². The summed E-state index contributed by atoms with van der Waals surface area (Å²) in [5, 5.41) is 10.1. The summed E-state index contributed by atoms with van der Waals surface area (Å²) in [7, 11) is 0. The van der Waals surface area contributed by atoms with Crippen molar-refractivity contribution in [3.63, 3.8) is 0 Å². The number of halogens is 1. The minimum atomic E-state index is 0.412. The van der Waals surface area contributed by atoms with Gasteiger partial charge in [0.05, 0.1) is 0 Å². The van der Waals surface area contributed by atoms with Gasteiger partial charge in [0.2, 0.25) is 0 Å². The van der Waals surface area contributed by atoms with Gasteiger partial charge in [0.25, 0.3) is 0 Å². The summed E-state index contributed by atoms with van der Waals surface area (Å²) < 4.78 is 0. The van der Waals surface area contributed by atoms with E-state index in [9.17, 15) is 5.26 Å². The Morgan fingerprint density at radius 3 is 2.88 bits per heavy atom. The first kappa shape index (κ1) is 15.4. The van der Waals surface area contributed by atoms with Gasteiger partial charge < -0.3 is 4.90 Å². The molecule has 122 valence electrons. The fourth-order valence-electron chi connectivity index (χ4n) is 3.96. The summed E-state index contributed by atoms with van der Waals surface area (Å²) in [5.41, 5.74) is 1.71. The average molecular weight is 340 g/mol. The fourth-order valence-corrected chi connectivity index (χ4v) is 4.16. The van der Waals surface area contributed by atoms with Crippen molar-refractivity contribution in [1.82, 2.24) is 14.9 Å². The quantitative estimate of drug-likeness (QED) is 0.841. The molecular formula is C18H18ClN5. The molecule has 1 aromatic carbocycles. The number of hydrogen-bond donors (Lipinski definition) is 0. The van der Waals surface area contributed by atoms with Crippen LogP contribution in [-0.4, -0.2) is 40.5 Å². The molecule has 4 rings (SSSR count). The van der Waals surface area contributed by atoms with Gasteiger partial charge in [0.15, 0.2) is 11.5 Å². The predicted molar refractivity (Wildman–Crippen MR) is 92.9 cm³/mol. The Kier molecular flexibility index (Phi) is 4.09. The number of piperazine rings is 1. The highest BCUT2D eigenvalue weighted by Crippen LogP contribution is 2.39. The van der Waals surface area contributed by atoms with Gasteiger partial charge in [-0.1, -0.05) is 23.7 Å². The van der Waals surface area contributed by atoms with Crippen molar-refractivity contribution in [3.8, 4) is 6.07 Å². The molecule has 2 aliphatic rings. The lowest BCUT2D eigenvalue weighted by Gasteiger charge is -2.40. The van der Waals surface area contributed by atoms with E-state index in [2.05, 4.69) is 38.0 Å². The van der Waals surface area contributed by atoms with Crippen molar-refractivity contribution in [2.45, 2.75) is 24.9 Å². The van der Waals surface area contributed by atoms with Crippen LogP contribution in [0.4, 0.5) is 5.82 Å². The Morgan fingerprint density at radius 2 is 2.04 bits per heavy atom. The summed E-state index contributed by atoms with van der Waals surface area (Å²) >= 11 is 6.16. The number of fused-ring (bicyclic) bond motifs is 1. The van der Waals surface area contributed by atoms with Crippen LogP contribution in [0, 0.1) is 11.3 Å². The molecule has 0 N–H and O–H groups in total. The smallest absolute Gasteiger partial charge is 0.183 e. The van der Waals surface area contributed by atoms with Crippen molar-refractivity contribution in [1.29, 1.82) is 5.26 Å². The van der Waals surface area contributed by atoms with E-state index in [1.807, 2.05) is 12.1 Å². The highest BCUT2D eigenvalue weighted by molar-refractivity contribution is 6.30. The molecule has 6 heteroatoms. The second-order valence-electron chi connectivity index (χ2n) is 6.33. The van der Waals surface area contributed by atoms with Crippen molar-refractivity contribution >= 4 is 17.4 Å². The molecule has 3 heterocycles. The van der Waals surface area contributed by atoms with Crippen molar-refractivity contribution in [2.75, 3.05) is 24.5 Å². The van der Waals surface area contributed by atoms with Gasteiger partial charge in [-0.15, -0.1) is 0 Å². The second kappa shape index (κ2) is 6.39. The van der Waals surface area contributed by atoms with Crippen LogP contribution in [0.25, 0.3) is 0 Å². The zero-order valence-corrected chi connectivity index (χ0v) is 14.0. The van der Waals surface area contributed by atoms with Gasteiger partial charge >= 0.3 is 0 Å². The van der Waals surface area contributed by atoms with Gasteiger partial charge in [-0.25, -0.2) is 9.97 Å². The lowest BCUT2D eigenvalue weighted by Crippen LogP contribution is -2.51. The third kappa shape index (κ3) is 2.72. The first-order valence-corrected chi connectivity index (χ1v) is 8.61. The van der Waals surface area contributed by atoms with Gasteiger partial charge in [0.1, 0.15) is 6.07 Å². The monoisotopic (exact) mass is 339 g/mol. The minimum absolute atomic E-state index is 0.412. The molecule has 2 atom stereocenters. The highest BCUT2D eigenvalue weighted by atomic mass is 35.5. The molecule has 0 spiro atoms. The third-order valence-corrected chi connectivity index (χ3v) is 5.25. The lowest BCUT2D eigenvalue weighted by atomic mass is 10.0. The molecule has 0 unspecified atom stereocenters. The fraction of sp³-hybridized carbons (Fsp3) is 0.389. The van der Waals surface area contributed by atoms with E-state index in [0.29, 0.717) is 23.6 Å². The van der Waals surface area contributed by atoms with E-state index in [-0.39, 0.29) is 0 Å². The third-order valence-electron chi connectivity index (χ3n) is 5.02. The SMILES string of the molecule is N#Cc1nccnc1N1CCN2[C@@H](CC[C@@H]2c2cccc(Cl)c2)C1. The maximum Gasteiger partial charge on any atom is 0.183 e. The summed E-state index contributed by atoms with van der Waals surface area (Å²) in [6.45, 7) is 2.72. The Bertz CT molecular complexity index is 787. The Balaban J connectivity index is 1.53. The van der Waals surface area contributed by atoms with Gasteiger partial charge in [0, 0.05) is 49.1 Å². The van der Waals surface area contributed by atoms with Gasteiger partial charge in [-0.2, -0.15) is 5.26 Å². The molecule has 0 radical (unpaired) electrons. The number of anilines is 1. The Morgan fingerprint density at radius 1 is 1.17 bits per heavy atom. The molecule has 0 saturated carbocycles. The molecule has 2 aliphatic heterocycles. The zero-order chi connectivity index (χ0) is 16.5. The van der Waals surface area contributed by atoms with Crippen LogP contribution < -0.4 is 4.90 Å². The van der Waals surface area contributed by atoms with E-state index in [1.165, 1.54) is 5.56 Å². The Labute approximate surface area is 146 Å². The number of aromatic nitrogens is 2. The topological polar surface area (TPSA) is 56.1 Å². The normalized spacial score (nSPS) is 23.8. The molecule has 24 heavy (non-hydrogen) atoms. The predicted octanol–water partition coefficient (Wildman–Crippen LogP) is 3.03. The summed E-state index contributed by atoms with van der Waals surface area (Å²) in [6, 6.07) is 11.3. The lowest BCUT2D eigenvalue weighted by molar-refractivity contribution is 0.176. The van der Waals surface area contributed by atoms with Crippen LogP contribution in [-0.2, 0) is 0 Å². The molecule has 2 fully saturated rings. The summed E-state index contributed by atoms with van der Waals surface area (Å²) in [4.78, 5) is 13.3. The van der Waals surface area contributed by atoms with E-state index < -0.39 is 0 Å². The van der Waals surface area contributed by atoms with Crippen LogP contribution in [0.5, 0.6) is 0 Å². The number of rotatable bonds is 2. The maximum atomic E-state index is 9.25. The number of benzene rings is 1. The minimum Gasteiger partial charge on any atom is -0.351 e. The van der Waals surface area contributed by atoms with Crippen molar-refractivity contribution in [3.05, 3.63) is 52.9 Å². The molecule has 0 amide bonds. The average Bonchev–Trinajstić information content (AvgIpc) is 3.05. The molecule has 5 nitrogen and oxygen atoms in total. The highest BCUT2D eigenvalue weighted by Gasteiger charge is 2.38. The van der Waals surface area contributed by atoms with Crippen LogP contribution in [0.1, 0.15) is 30.1 Å². The number of nitriles is 1.